The van der Waals surface area contributed by atoms with Crippen molar-refractivity contribution in [3.05, 3.63) is 0 Å². The molecule has 0 spiro atoms. The van der Waals surface area contributed by atoms with Gasteiger partial charge in [0, 0.05) is 5.25 Å². The Balaban J connectivity index is 4.16. The Labute approximate surface area is 137 Å². The van der Waals surface area contributed by atoms with Crippen molar-refractivity contribution < 1.29 is 9.90 Å². The summed E-state index contributed by atoms with van der Waals surface area (Å²) in [5.74, 6) is -0.681. The van der Waals surface area contributed by atoms with Crippen molar-refractivity contribution in [2.24, 2.45) is 0 Å². The smallest absolute Gasteiger partial charge is 0.331 e. The van der Waals surface area contributed by atoms with E-state index in [1.54, 1.807) is 11.8 Å². The van der Waals surface area contributed by atoms with Crippen molar-refractivity contribution in [2.75, 3.05) is 18.8 Å². The van der Waals surface area contributed by atoms with E-state index in [1.807, 2.05) is 18.8 Å². The predicted octanol–water partition coefficient (Wildman–Crippen LogP) is 5.37. The summed E-state index contributed by atoms with van der Waals surface area (Å²) in [6.07, 6.45) is 15.8. The van der Waals surface area contributed by atoms with Gasteiger partial charge in [-0.05, 0) is 25.2 Å². The zero-order valence-corrected chi connectivity index (χ0v) is 15.8. The third-order valence-electron chi connectivity index (χ3n) is 3.68. The van der Waals surface area contributed by atoms with Gasteiger partial charge in [0.15, 0.2) is 4.08 Å². The van der Waals surface area contributed by atoms with Crippen LogP contribution in [0.2, 0.25) is 0 Å². The zero-order valence-electron chi connectivity index (χ0n) is 13.3. The van der Waals surface area contributed by atoms with Crippen LogP contribution >= 0.6 is 35.3 Å². The van der Waals surface area contributed by atoms with Crippen molar-refractivity contribution in [1.82, 2.24) is 0 Å². The Morgan fingerprint density at radius 1 is 1.00 bits per heavy atom. The lowest BCUT2D eigenvalue weighted by molar-refractivity contribution is -0.137. The van der Waals surface area contributed by atoms with Crippen LogP contribution in [0.1, 0.15) is 58.3 Å². The van der Waals surface area contributed by atoms with E-state index in [0.717, 1.165) is 12.8 Å². The molecule has 120 valence electrons. The van der Waals surface area contributed by atoms with E-state index >= 15 is 0 Å². The van der Waals surface area contributed by atoms with Crippen LogP contribution in [0, 0.1) is 0 Å². The summed E-state index contributed by atoms with van der Waals surface area (Å²) in [5.41, 5.74) is 0. The summed E-state index contributed by atoms with van der Waals surface area (Å²) in [7, 11) is 0. The maximum absolute atomic E-state index is 11.6. The fourth-order valence-electron chi connectivity index (χ4n) is 2.41. The summed E-state index contributed by atoms with van der Waals surface area (Å²) < 4.78 is -0.693. The Morgan fingerprint density at radius 3 is 1.90 bits per heavy atom. The number of hydrogen-bond acceptors (Lipinski definition) is 4. The molecule has 0 aliphatic rings. The summed E-state index contributed by atoms with van der Waals surface area (Å²) in [6.45, 7) is 2.24. The Hall–Kier alpha value is 0.520. The molecular formula is C15H30O2S3. The highest BCUT2D eigenvalue weighted by Gasteiger charge is 2.44. The van der Waals surface area contributed by atoms with Crippen LogP contribution in [-0.4, -0.2) is 39.2 Å². The predicted molar refractivity (Wildman–Crippen MR) is 97.3 cm³/mol. The molecule has 1 N–H and O–H groups in total. The minimum atomic E-state index is -0.693. The van der Waals surface area contributed by atoms with Gasteiger partial charge in [0.05, 0.1) is 0 Å². The van der Waals surface area contributed by atoms with E-state index in [1.165, 1.54) is 62.0 Å². The largest absolute Gasteiger partial charge is 0.480 e. The standard InChI is InChI=1S/C15H30O2S3/c1-5-6-7-8-9-10-11-12-13(18-2)15(19-3,20-4)14(16)17/h13H,5-12H2,1-4H3,(H,16,17). The van der Waals surface area contributed by atoms with Crippen LogP contribution in [0.25, 0.3) is 0 Å². The number of hydrogen-bond donors (Lipinski definition) is 1. The highest BCUT2D eigenvalue weighted by atomic mass is 32.2. The molecule has 20 heavy (non-hydrogen) atoms. The average molecular weight is 339 g/mol. The first-order valence-electron chi connectivity index (χ1n) is 7.45. The molecule has 0 aromatic carbocycles. The van der Waals surface area contributed by atoms with Gasteiger partial charge >= 0.3 is 5.97 Å². The quantitative estimate of drug-likeness (QED) is 0.361. The minimum absolute atomic E-state index is 0.181. The Kier molecular flexibility index (Phi) is 12.4. The number of rotatable bonds is 13. The fraction of sp³-hybridized carbons (Fsp3) is 0.933. The van der Waals surface area contributed by atoms with E-state index in [4.69, 9.17) is 0 Å². The molecule has 0 aromatic heterocycles. The van der Waals surface area contributed by atoms with Crippen molar-refractivity contribution in [3.63, 3.8) is 0 Å². The molecule has 0 bridgehead atoms. The van der Waals surface area contributed by atoms with Crippen molar-refractivity contribution in [3.8, 4) is 0 Å². The molecule has 0 fully saturated rings. The second-order valence-electron chi connectivity index (χ2n) is 5.02. The molecule has 0 aliphatic carbocycles. The molecule has 0 rings (SSSR count). The molecule has 1 unspecified atom stereocenters. The first-order valence-corrected chi connectivity index (χ1v) is 11.2. The molecular weight excluding hydrogens is 308 g/mol. The lowest BCUT2D eigenvalue weighted by atomic mass is 10.1. The molecule has 0 saturated carbocycles. The van der Waals surface area contributed by atoms with Gasteiger partial charge in [-0.15, -0.1) is 23.5 Å². The molecule has 2 nitrogen and oxygen atoms in total. The number of thioether (sulfide) groups is 3. The number of carboxylic acid groups (broad SMARTS) is 1. The molecule has 0 aliphatic heterocycles. The Morgan fingerprint density at radius 2 is 1.50 bits per heavy atom. The van der Waals surface area contributed by atoms with Crippen molar-refractivity contribution in [2.45, 2.75) is 67.6 Å². The molecule has 1 atom stereocenters. The van der Waals surface area contributed by atoms with Gasteiger partial charge in [-0.25, -0.2) is 4.79 Å². The monoisotopic (exact) mass is 338 g/mol. The van der Waals surface area contributed by atoms with E-state index in [0.29, 0.717) is 0 Å². The van der Waals surface area contributed by atoms with E-state index < -0.39 is 10.0 Å². The maximum atomic E-state index is 11.6. The second kappa shape index (κ2) is 12.1. The van der Waals surface area contributed by atoms with Gasteiger partial charge < -0.3 is 5.11 Å². The normalized spacial score (nSPS) is 13.4. The van der Waals surface area contributed by atoms with Crippen LogP contribution in [0.4, 0.5) is 0 Å². The summed E-state index contributed by atoms with van der Waals surface area (Å²) >= 11 is 4.66. The van der Waals surface area contributed by atoms with Crippen LogP contribution in [-0.2, 0) is 4.79 Å². The number of unbranched alkanes of at least 4 members (excludes halogenated alkanes) is 6. The third-order valence-corrected chi connectivity index (χ3v) is 8.27. The number of carbonyl (C=O) groups is 1. The van der Waals surface area contributed by atoms with E-state index in [-0.39, 0.29) is 5.25 Å². The summed E-state index contributed by atoms with van der Waals surface area (Å²) in [6, 6.07) is 0. The lowest BCUT2D eigenvalue weighted by Gasteiger charge is -2.33. The highest BCUT2D eigenvalue weighted by molar-refractivity contribution is 8.20. The van der Waals surface area contributed by atoms with Gasteiger partial charge in [0.1, 0.15) is 0 Å². The van der Waals surface area contributed by atoms with Gasteiger partial charge in [-0.2, -0.15) is 11.8 Å². The molecule has 0 radical (unpaired) electrons. The second-order valence-corrected chi connectivity index (χ2v) is 8.42. The lowest BCUT2D eigenvalue weighted by Crippen LogP contribution is -2.41. The molecule has 0 amide bonds. The highest BCUT2D eigenvalue weighted by Crippen LogP contribution is 2.44. The fourth-order valence-corrected chi connectivity index (χ4v) is 6.15. The van der Waals surface area contributed by atoms with Crippen molar-refractivity contribution in [1.29, 1.82) is 0 Å². The summed E-state index contributed by atoms with van der Waals surface area (Å²) in [5, 5.41) is 9.75. The minimum Gasteiger partial charge on any atom is -0.480 e. The van der Waals surface area contributed by atoms with Crippen LogP contribution in [0.15, 0.2) is 0 Å². The topological polar surface area (TPSA) is 37.3 Å². The van der Waals surface area contributed by atoms with Gasteiger partial charge in [0.2, 0.25) is 0 Å². The zero-order chi connectivity index (χ0) is 15.4. The first kappa shape index (κ1) is 20.5. The molecule has 0 aromatic rings. The maximum Gasteiger partial charge on any atom is 0.331 e. The average Bonchev–Trinajstić information content (AvgIpc) is 2.45. The van der Waals surface area contributed by atoms with Gasteiger partial charge in [-0.3, -0.25) is 0 Å². The van der Waals surface area contributed by atoms with Crippen LogP contribution < -0.4 is 0 Å². The van der Waals surface area contributed by atoms with E-state index in [2.05, 4.69) is 6.92 Å². The van der Waals surface area contributed by atoms with Gasteiger partial charge in [0.25, 0.3) is 0 Å². The molecule has 5 heteroatoms. The molecule has 0 saturated heterocycles. The third kappa shape index (κ3) is 6.52. The molecule has 0 heterocycles. The number of aliphatic carboxylic acids is 1. The van der Waals surface area contributed by atoms with Gasteiger partial charge in [-0.1, -0.05) is 51.9 Å². The van der Waals surface area contributed by atoms with E-state index in [9.17, 15) is 9.90 Å². The Bertz CT molecular complexity index is 256. The van der Waals surface area contributed by atoms with Crippen LogP contribution in [0.5, 0.6) is 0 Å². The summed E-state index contributed by atoms with van der Waals surface area (Å²) in [4.78, 5) is 11.6. The number of carboxylic acids is 1. The SMILES string of the molecule is CCCCCCCCCC(SC)C(SC)(SC)C(=O)O. The first-order chi connectivity index (χ1) is 9.58. The van der Waals surface area contributed by atoms with Crippen LogP contribution in [0.3, 0.4) is 0 Å². The van der Waals surface area contributed by atoms with Crippen molar-refractivity contribution >= 4 is 41.3 Å².